The first kappa shape index (κ1) is 14.9. The monoisotopic (exact) mass is 296 g/mol. The van der Waals surface area contributed by atoms with Crippen molar-refractivity contribution in [3.05, 3.63) is 59.7 Å². The van der Waals surface area contributed by atoms with Crippen LogP contribution in [0.2, 0.25) is 0 Å². The molecule has 1 heterocycles. The van der Waals surface area contributed by atoms with Crippen LogP contribution in [0, 0.1) is 0 Å². The molecule has 0 spiro atoms. The Kier molecular flexibility index (Phi) is 4.96. The molecule has 1 atom stereocenters. The van der Waals surface area contributed by atoms with Crippen molar-refractivity contribution in [2.45, 2.75) is 25.3 Å². The predicted molar refractivity (Wildman–Crippen MR) is 91.7 cm³/mol. The first-order chi connectivity index (χ1) is 10.8. The first-order valence-corrected chi connectivity index (χ1v) is 8.03. The standard InChI is InChI=1S/C19H24N2O/c1-22-18-10-6-15(7-11-18)12-13-20-14-17-9-8-16-4-2-3-5-19(16)21-17/h2-7,10-11,17,20-21H,8-9,12-14H2,1H3/t17-/m1/s1. The Morgan fingerprint density at radius 3 is 2.77 bits per heavy atom. The van der Waals surface area contributed by atoms with Crippen molar-refractivity contribution in [3.8, 4) is 5.75 Å². The molecule has 0 radical (unpaired) electrons. The first-order valence-electron chi connectivity index (χ1n) is 8.03. The minimum Gasteiger partial charge on any atom is -0.497 e. The Labute approximate surface area is 132 Å². The van der Waals surface area contributed by atoms with Crippen molar-refractivity contribution in [3.63, 3.8) is 0 Å². The second-order valence-corrected chi connectivity index (χ2v) is 5.84. The summed E-state index contributed by atoms with van der Waals surface area (Å²) in [6.07, 6.45) is 3.42. The summed E-state index contributed by atoms with van der Waals surface area (Å²) in [5, 5.41) is 7.20. The molecule has 0 unspecified atom stereocenters. The Morgan fingerprint density at radius 2 is 1.95 bits per heavy atom. The lowest BCUT2D eigenvalue weighted by atomic mass is 9.98. The van der Waals surface area contributed by atoms with Crippen molar-refractivity contribution in [1.29, 1.82) is 0 Å². The van der Waals surface area contributed by atoms with Gasteiger partial charge in [0.2, 0.25) is 0 Å². The van der Waals surface area contributed by atoms with Crippen LogP contribution in [-0.4, -0.2) is 26.2 Å². The average molecular weight is 296 g/mol. The molecule has 116 valence electrons. The van der Waals surface area contributed by atoms with Gasteiger partial charge in [-0.25, -0.2) is 0 Å². The van der Waals surface area contributed by atoms with Crippen LogP contribution in [0.1, 0.15) is 17.5 Å². The third kappa shape index (κ3) is 3.80. The van der Waals surface area contributed by atoms with Gasteiger partial charge >= 0.3 is 0 Å². The summed E-state index contributed by atoms with van der Waals surface area (Å²) in [6, 6.07) is 17.5. The Hall–Kier alpha value is -2.00. The van der Waals surface area contributed by atoms with Gasteiger partial charge in [0.05, 0.1) is 7.11 Å². The number of hydrogen-bond acceptors (Lipinski definition) is 3. The van der Waals surface area contributed by atoms with Gasteiger partial charge < -0.3 is 15.4 Å². The number of nitrogens with one attached hydrogen (secondary N) is 2. The molecule has 0 amide bonds. The zero-order valence-corrected chi connectivity index (χ0v) is 13.1. The summed E-state index contributed by atoms with van der Waals surface area (Å²) in [5.41, 5.74) is 4.09. The maximum absolute atomic E-state index is 5.18. The SMILES string of the molecule is COc1ccc(CCNC[C@H]2CCc3ccccc3N2)cc1. The Bertz CT molecular complexity index is 595. The van der Waals surface area contributed by atoms with Gasteiger partial charge in [-0.05, 0) is 55.1 Å². The highest BCUT2D eigenvalue weighted by molar-refractivity contribution is 5.53. The number of para-hydroxylation sites is 1. The van der Waals surface area contributed by atoms with E-state index in [9.17, 15) is 0 Å². The van der Waals surface area contributed by atoms with Crippen LogP contribution in [-0.2, 0) is 12.8 Å². The third-order valence-corrected chi connectivity index (χ3v) is 4.28. The molecule has 0 saturated carbocycles. The molecule has 3 rings (SSSR count). The predicted octanol–water partition coefficient (Wildman–Crippen LogP) is 3.25. The van der Waals surface area contributed by atoms with E-state index in [1.165, 1.54) is 29.7 Å². The molecule has 22 heavy (non-hydrogen) atoms. The van der Waals surface area contributed by atoms with Crippen LogP contribution >= 0.6 is 0 Å². The number of rotatable bonds is 6. The van der Waals surface area contributed by atoms with Gasteiger partial charge in [-0.3, -0.25) is 0 Å². The fourth-order valence-corrected chi connectivity index (χ4v) is 2.96. The summed E-state index contributed by atoms with van der Waals surface area (Å²) >= 11 is 0. The van der Waals surface area contributed by atoms with Gasteiger partial charge in [-0.2, -0.15) is 0 Å². The Morgan fingerprint density at radius 1 is 1.14 bits per heavy atom. The number of aryl methyl sites for hydroxylation is 1. The smallest absolute Gasteiger partial charge is 0.118 e. The highest BCUT2D eigenvalue weighted by atomic mass is 16.5. The third-order valence-electron chi connectivity index (χ3n) is 4.28. The van der Waals surface area contributed by atoms with E-state index in [0.29, 0.717) is 6.04 Å². The summed E-state index contributed by atoms with van der Waals surface area (Å²) in [4.78, 5) is 0. The quantitative estimate of drug-likeness (QED) is 0.803. The number of fused-ring (bicyclic) bond motifs is 1. The second kappa shape index (κ2) is 7.32. The van der Waals surface area contributed by atoms with Gasteiger partial charge in [0.25, 0.3) is 0 Å². The topological polar surface area (TPSA) is 33.3 Å². The van der Waals surface area contributed by atoms with Crippen LogP contribution < -0.4 is 15.4 Å². The van der Waals surface area contributed by atoms with Gasteiger partial charge in [0.15, 0.2) is 0 Å². The highest BCUT2D eigenvalue weighted by Crippen LogP contribution is 2.23. The Balaban J connectivity index is 1.40. The van der Waals surface area contributed by atoms with E-state index in [2.05, 4.69) is 47.0 Å². The van der Waals surface area contributed by atoms with Crippen molar-refractivity contribution in [2.24, 2.45) is 0 Å². The maximum atomic E-state index is 5.18. The van der Waals surface area contributed by atoms with Crippen molar-refractivity contribution >= 4 is 5.69 Å². The van der Waals surface area contributed by atoms with E-state index >= 15 is 0 Å². The molecule has 0 fully saturated rings. The van der Waals surface area contributed by atoms with Crippen LogP contribution in [0.25, 0.3) is 0 Å². The molecule has 0 bridgehead atoms. The molecule has 0 aromatic heterocycles. The van der Waals surface area contributed by atoms with Crippen LogP contribution in [0.3, 0.4) is 0 Å². The number of benzene rings is 2. The van der Waals surface area contributed by atoms with E-state index in [1.807, 2.05) is 12.1 Å². The molecule has 0 saturated heterocycles. The molecule has 3 heteroatoms. The van der Waals surface area contributed by atoms with Crippen molar-refractivity contribution < 1.29 is 4.74 Å². The molecular weight excluding hydrogens is 272 g/mol. The molecule has 1 aliphatic heterocycles. The van der Waals surface area contributed by atoms with Crippen molar-refractivity contribution in [1.82, 2.24) is 5.32 Å². The zero-order chi connectivity index (χ0) is 15.2. The summed E-state index contributed by atoms with van der Waals surface area (Å²) in [6.45, 7) is 2.02. The lowest BCUT2D eigenvalue weighted by Crippen LogP contribution is -2.36. The fourth-order valence-electron chi connectivity index (χ4n) is 2.96. The van der Waals surface area contributed by atoms with Crippen LogP contribution in [0.15, 0.2) is 48.5 Å². The number of hydrogen-bond donors (Lipinski definition) is 2. The van der Waals surface area contributed by atoms with Gasteiger partial charge in [0.1, 0.15) is 5.75 Å². The summed E-state index contributed by atoms with van der Waals surface area (Å²) < 4.78 is 5.18. The molecule has 2 aromatic carbocycles. The molecule has 2 aromatic rings. The van der Waals surface area contributed by atoms with E-state index in [-0.39, 0.29) is 0 Å². The zero-order valence-electron chi connectivity index (χ0n) is 13.1. The number of methoxy groups -OCH3 is 1. The van der Waals surface area contributed by atoms with Crippen molar-refractivity contribution in [2.75, 3.05) is 25.5 Å². The van der Waals surface area contributed by atoms with E-state index in [0.717, 1.165) is 25.3 Å². The van der Waals surface area contributed by atoms with E-state index < -0.39 is 0 Å². The fraction of sp³-hybridized carbons (Fsp3) is 0.368. The molecule has 2 N–H and O–H groups in total. The lowest BCUT2D eigenvalue weighted by Gasteiger charge is -2.27. The highest BCUT2D eigenvalue weighted by Gasteiger charge is 2.16. The minimum atomic E-state index is 0.533. The molecular formula is C19H24N2O. The summed E-state index contributed by atoms with van der Waals surface area (Å²) in [5.74, 6) is 0.918. The summed E-state index contributed by atoms with van der Waals surface area (Å²) in [7, 11) is 1.70. The van der Waals surface area contributed by atoms with Gasteiger partial charge in [0, 0.05) is 18.3 Å². The lowest BCUT2D eigenvalue weighted by molar-refractivity contribution is 0.414. The second-order valence-electron chi connectivity index (χ2n) is 5.84. The molecule has 1 aliphatic rings. The van der Waals surface area contributed by atoms with Gasteiger partial charge in [-0.15, -0.1) is 0 Å². The largest absolute Gasteiger partial charge is 0.497 e. The normalized spacial score (nSPS) is 16.7. The van der Waals surface area contributed by atoms with Gasteiger partial charge in [-0.1, -0.05) is 30.3 Å². The number of ether oxygens (including phenoxy) is 1. The van der Waals surface area contributed by atoms with E-state index in [1.54, 1.807) is 7.11 Å². The molecule has 0 aliphatic carbocycles. The number of anilines is 1. The molecule has 3 nitrogen and oxygen atoms in total. The van der Waals surface area contributed by atoms with Crippen LogP contribution in [0.5, 0.6) is 5.75 Å². The minimum absolute atomic E-state index is 0.533. The maximum Gasteiger partial charge on any atom is 0.118 e. The average Bonchev–Trinajstić information content (AvgIpc) is 2.59. The van der Waals surface area contributed by atoms with E-state index in [4.69, 9.17) is 4.74 Å². The van der Waals surface area contributed by atoms with Crippen LogP contribution in [0.4, 0.5) is 5.69 Å².